The summed E-state index contributed by atoms with van der Waals surface area (Å²) in [5.41, 5.74) is 0.0573. The highest BCUT2D eigenvalue weighted by Crippen LogP contribution is 2.34. The molecule has 0 saturated carbocycles. The Kier molecular flexibility index (Phi) is 2.63. The molecule has 4 nitrogen and oxygen atoms in total. The number of anilines is 1. The first-order chi connectivity index (χ1) is 8.05. The molecule has 0 unspecified atom stereocenters. The highest BCUT2D eigenvalue weighted by Gasteiger charge is 2.39. The molecule has 2 aliphatic heterocycles. The van der Waals surface area contributed by atoms with Gasteiger partial charge in [-0.1, -0.05) is 20.8 Å². The number of hydrogen-bond acceptors (Lipinski definition) is 5. The van der Waals surface area contributed by atoms with Gasteiger partial charge in [0.1, 0.15) is 5.82 Å². The Balaban J connectivity index is 1.83. The molecule has 2 atom stereocenters. The van der Waals surface area contributed by atoms with Crippen molar-refractivity contribution in [3.05, 3.63) is 5.82 Å². The van der Waals surface area contributed by atoms with E-state index in [1.54, 1.807) is 11.5 Å². The van der Waals surface area contributed by atoms with Gasteiger partial charge in [0.2, 0.25) is 5.13 Å². The van der Waals surface area contributed by atoms with Crippen molar-refractivity contribution < 1.29 is 0 Å². The number of aromatic nitrogens is 2. The Morgan fingerprint density at radius 1 is 1.35 bits per heavy atom. The summed E-state index contributed by atoms with van der Waals surface area (Å²) in [5, 5.41) is 4.59. The molecule has 17 heavy (non-hydrogen) atoms. The maximum atomic E-state index is 4.73. The van der Waals surface area contributed by atoms with Crippen LogP contribution in [0, 0.1) is 5.92 Å². The van der Waals surface area contributed by atoms with Gasteiger partial charge in [0.15, 0.2) is 0 Å². The molecule has 2 fully saturated rings. The molecule has 3 heterocycles. The van der Waals surface area contributed by atoms with E-state index in [0.29, 0.717) is 6.04 Å². The zero-order valence-electron chi connectivity index (χ0n) is 10.7. The Hall–Kier alpha value is -0.680. The fourth-order valence-corrected chi connectivity index (χ4v) is 3.67. The van der Waals surface area contributed by atoms with Gasteiger partial charge in [-0.15, -0.1) is 0 Å². The van der Waals surface area contributed by atoms with Crippen molar-refractivity contribution in [2.75, 3.05) is 24.5 Å². The number of fused-ring (bicyclic) bond motifs is 1. The second-order valence-electron chi connectivity index (χ2n) is 6.12. The lowest BCUT2D eigenvalue weighted by Gasteiger charge is -2.22. The van der Waals surface area contributed by atoms with Gasteiger partial charge in [0.25, 0.3) is 0 Å². The molecule has 1 aromatic rings. The van der Waals surface area contributed by atoms with Crippen molar-refractivity contribution in [1.29, 1.82) is 0 Å². The van der Waals surface area contributed by atoms with E-state index in [2.05, 4.69) is 35.4 Å². The predicted octanol–water partition coefficient (Wildman–Crippen LogP) is 1.63. The van der Waals surface area contributed by atoms with Crippen LogP contribution in [-0.4, -0.2) is 35.0 Å². The molecule has 5 heteroatoms. The molecule has 3 rings (SSSR count). The average molecular weight is 252 g/mol. The molecule has 2 saturated heterocycles. The summed E-state index contributed by atoms with van der Waals surface area (Å²) in [6.45, 7) is 9.94. The molecule has 1 N–H and O–H groups in total. The standard InChI is InChI=1S/C12H20N4S/c1-12(2,3)10-14-11(17-15-10)16-5-4-8-6-13-7-9(8)16/h8-9,13H,4-7H2,1-3H3/t8-,9+/m0/s1. The second kappa shape index (κ2) is 3.92. The minimum atomic E-state index is 0.0573. The summed E-state index contributed by atoms with van der Waals surface area (Å²) in [4.78, 5) is 7.19. The zero-order chi connectivity index (χ0) is 12.0. The van der Waals surface area contributed by atoms with E-state index in [4.69, 9.17) is 4.98 Å². The van der Waals surface area contributed by atoms with Gasteiger partial charge in [-0.05, 0) is 12.3 Å². The lowest BCUT2D eigenvalue weighted by Crippen LogP contribution is -2.34. The van der Waals surface area contributed by atoms with Crippen LogP contribution >= 0.6 is 11.5 Å². The fourth-order valence-electron chi connectivity index (χ4n) is 2.72. The van der Waals surface area contributed by atoms with Crippen LogP contribution in [0.25, 0.3) is 0 Å². The molecular weight excluding hydrogens is 232 g/mol. The predicted molar refractivity (Wildman–Crippen MR) is 70.7 cm³/mol. The number of nitrogens with one attached hydrogen (secondary N) is 1. The topological polar surface area (TPSA) is 41.1 Å². The van der Waals surface area contributed by atoms with Crippen molar-refractivity contribution in [2.24, 2.45) is 5.92 Å². The molecule has 0 spiro atoms. The molecular formula is C12H20N4S. The summed E-state index contributed by atoms with van der Waals surface area (Å²) >= 11 is 1.56. The largest absolute Gasteiger partial charge is 0.342 e. The van der Waals surface area contributed by atoms with Crippen LogP contribution in [0.3, 0.4) is 0 Å². The smallest absolute Gasteiger partial charge is 0.205 e. The van der Waals surface area contributed by atoms with Crippen LogP contribution in [-0.2, 0) is 5.41 Å². The number of rotatable bonds is 1. The van der Waals surface area contributed by atoms with Gasteiger partial charge in [0, 0.05) is 42.6 Å². The van der Waals surface area contributed by atoms with Gasteiger partial charge < -0.3 is 10.2 Å². The van der Waals surface area contributed by atoms with Crippen molar-refractivity contribution in [3.63, 3.8) is 0 Å². The molecule has 0 aliphatic carbocycles. The molecule has 0 amide bonds. The lowest BCUT2D eigenvalue weighted by atomic mass is 9.96. The van der Waals surface area contributed by atoms with Gasteiger partial charge in [-0.25, -0.2) is 4.98 Å². The van der Waals surface area contributed by atoms with Crippen LogP contribution in [0.5, 0.6) is 0 Å². The van der Waals surface area contributed by atoms with Crippen LogP contribution < -0.4 is 10.2 Å². The summed E-state index contributed by atoms with van der Waals surface area (Å²) in [6.07, 6.45) is 1.29. The zero-order valence-corrected chi connectivity index (χ0v) is 11.5. The average Bonchev–Trinajstić information content (AvgIpc) is 2.91. The van der Waals surface area contributed by atoms with Gasteiger partial charge in [0.05, 0.1) is 0 Å². The highest BCUT2D eigenvalue weighted by molar-refractivity contribution is 7.09. The first-order valence-corrected chi connectivity index (χ1v) is 7.14. The molecule has 0 radical (unpaired) electrons. The van der Waals surface area contributed by atoms with E-state index >= 15 is 0 Å². The van der Waals surface area contributed by atoms with Crippen molar-refractivity contribution in [1.82, 2.24) is 14.7 Å². The van der Waals surface area contributed by atoms with Crippen LogP contribution in [0.4, 0.5) is 5.13 Å². The SMILES string of the molecule is CC(C)(C)c1nsc(N2CC[C@H]3CNC[C@H]32)n1. The summed E-state index contributed by atoms with van der Waals surface area (Å²) in [7, 11) is 0. The molecule has 2 aliphatic rings. The Morgan fingerprint density at radius 3 is 2.88 bits per heavy atom. The van der Waals surface area contributed by atoms with Crippen molar-refractivity contribution in [2.45, 2.75) is 38.6 Å². The third-order valence-electron chi connectivity index (χ3n) is 3.78. The summed E-state index contributed by atoms with van der Waals surface area (Å²) in [6, 6.07) is 0.649. The van der Waals surface area contributed by atoms with E-state index in [-0.39, 0.29) is 5.41 Å². The van der Waals surface area contributed by atoms with E-state index in [1.807, 2.05) is 0 Å². The highest BCUT2D eigenvalue weighted by atomic mass is 32.1. The lowest BCUT2D eigenvalue weighted by molar-refractivity contribution is 0.552. The first kappa shape index (κ1) is 11.4. The Morgan fingerprint density at radius 2 is 2.18 bits per heavy atom. The normalized spacial score (nSPS) is 28.8. The molecule has 0 bridgehead atoms. The van der Waals surface area contributed by atoms with Gasteiger partial charge >= 0.3 is 0 Å². The minimum Gasteiger partial charge on any atom is -0.342 e. The monoisotopic (exact) mass is 252 g/mol. The number of nitrogens with zero attached hydrogens (tertiary/aromatic N) is 3. The molecule has 94 valence electrons. The molecule has 1 aromatic heterocycles. The first-order valence-electron chi connectivity index (χ1n) is 6.37. The maximum Gasteiger partial charge on any atom is 0.205 e. The Bertz CT molecular complexity index is 409. The van der Waals surface area contributed by atoms with Gasteiger partial charge in [-0.2, -0.15) is 4.37 Å². The quantitative estimate of drug-likeness (QED) is 0.825. The maximum absolute atomic E-state index is 4.73. The van der Waals surface area contributed by atoms with Crippen molar-refractivity contribution >= 4 is 16.7 Å². The second-order valence-corrected chi connectivity index (χ2v) is 6.85. The Labute approximate surface area is 107 Å². The van der Waals surface area contributed by atoms with E-state index in [9.17, 15) is 0 Å². The third kappa shape index (κ3) is 1.95. The van der Waals surface area contributed by atoms with Gasteiger partial charge in [-0.3, -0.25) is 0 Å². The summed E-state index contributed by atoms with van der Waals surface area (Å²) in [5.74, 6) is 1.80. The molecule has 0 aromatic carbocycles. The van der Waals surface area contributed by atoms with E-state index in [0.717, 1.165) is 30.0 Å². The minimum absolute atomic E-state index is 0.0573. The van der Waals surface area contributed by atoms with Crippen LogP contribution in [0.1, 0.15) is 33.0 Å². The van der Waals surface area contributed by atoms with Crippen LogP contribution in [0.15, 0.2) is 0 Å². The van der Waals surface area contributed by atoms with E-state index < -0.39 is 0 Å². The fraction of sp³-hybridized carbons (Fsp3) is 0.833. The van der Waals surface area contributed by atoms with E-state index in [1.165, 1.54) is 13.0 Å². The summed E-state index contributed by atoms with van der Waals surface area (Å²) < 4.78 is 4.51. The van der Waals surface area contributed by atoms with Crippen molar-refractivity contribution in [3.8, 4) is 0 Å². The third-order valence-corrected chi connectivity index (χ3v) is 4.53. The number of hydrogen-bond donors (Lipinski definition) is 1. The van der Waals surface area contributed by atoms with Crippen LogP contribution in [0.2, 0.25) is 0 Å².